The standard InChI is InChI=1S/C18H20N2O4S/c1-12-19-15(11-25-12)13-3-2-4-14(9-13)17(23)20-18(10-16(21)22)5-7-24-8-6-18/h2-4,9,11H,5-8,10H2,1H3,(H,20,23)(H,21,22). The van der Waals surface area contributed by atoms with Crippen LogP contribution < -0.4 is 5.32 Å². The van der Waals surface area contributed by atoms with E-state index in [9.17, 15) is 14.7 Å². The summed E-state index contributed by atoms with van der Waals surface area (Å²) < 4.78 is 5.32. The lowest BCUT2D eigenvalue weighted by atomic mass is 9.86. The molecule has 0 atom stereocenters. The Balaban J connectivity index is 1.81. The van der Waals surface area contributed by atoms with Gasteiger partial charge in [-0.15, -0.1) is 11.3 Å². The molecular weight excluding hydrogens is 340 g/mol. The third-order valence-corrected chi connectivity index (χ3v) is 5.13. The monoisotopic (exact) mass is 360 g/mol. The molecule has 0 saturated carbocycles. The SMILES string of the molecule is Cc1nc(-c2cccc(C(=O)NC3(CC(=O)O)CCOCC3)c2)cs1. The van der Waals surface area contributed by atoms with Gasteiger partial charge >= 0.3 is 5.97 Å². The van der Waals surface area contributed by atoms with Crippen LogP contribution in [0.15, 0.2) is 29.6 Å². The number of nitrogens with one attached hydrogen (secondary N) is 1. The minimum atomic E-state index is -0.922. The first-order valence-corrected chi connectivity index (χ1v) is 9.00. The number of nitrogens with zero attached hydrogens (tertiary/aromatic N) is 1. The van der Waals surface area contributed by atoms with Gasteiger partial charge in [-0.3, -0.25) is 9.59 Å². The molecular formula is C18H20N2O4S. The first-order chi connectivity index (χ1) is 12.0. The van der Waals surface area contributed by atoms with E-state index in [0.29, 0.717) is 31.6 Å². The summed E-state index contributed by atoms with van der Waals surface area (Å²) in [6, 6.07) is 7.24. The third kappa shape index (κ3) is 4.24. The van der Waals surface area contributed by atoms with Crippen molar-refractivity contribution >= 4 is 23.2 Å². The molecule has 0 aliphatic carbocycles. The molecule has 6 nitrogen and oxygen atoms in total. The van der Waals surface area contributed by atoms with Crippen molar-refractivity contribution in [1.82, 2.24) is 10.3 Å². The maximum Gasteiger partial charge on any atom is 0.305 e. The summed E-state index contributed by atoms with van der Waals surface area (Å²) in [6.45, 7) is 2.84. The topological polar surface area (TPSA) is 88.5 Å². The molecule has 3 rings (SSSR count). The van der Waals surface area contributed by atoms with Crippen molar-refractivity contribution < 1.29 is 19.4 Å². The average Bonchev–Trinajstić information content (AvgIpc) is 3.01. The molecule has 0 bridgehead atoms. The zero-order chi connectivity index (χ0) is 17.9. The van der Waals surface area contributed by atoms with Crippen molar-refractivity contribution in [2.75, 3.05) is 13.2 Å². The van der Waals surface area contributed by atoms with Gasteiger partial charge < -0.3 is 15.2 Å². The molecule has 1 fully saturated rings. The second-order valence-electron chi connectivity index (χ2n) is 6.25. The average molecular weight is 360 g/mol. The highest BCUT2D eigenvalue weighted by molar-refractivity contribution is 7.09. The van der Waals surface area contributed by atoms with Crippen LogP contribution in [0.3, 0.4) is 0 Å². The van der Waals surface area contributed by atoms with Crippen LogP contribution in [0.4, 0.5) is 0 Å². The number of hydrogen-bond donors (Lipinski definition) is 2. The summed E-state index contributed by atoms with van der Waals surface area (Å²) in [4.78, 5) is 28.4. The zero-order valence-electron chi connectivity index (χ0n) is 13.9. The van der Waals surface area contributed by atoms with E-state index in [1.807, 2.05) is 24.4 Å². The van der Waals surface area contributed by atoms with E-state index in [0.717, 1.165) is 16.3 Å². The number of benzene rings is 1. The molecule has 2 N–H and O–H groups in total. The Kier molecular flexibility index (Phi) is 5.15. The fourth-order valence-corrected chi connectivity index (χ4v) is 3.65. The van der Waals surface area contributed by atoms with E-state index >= 15 is 0 Å². The number of ether oxygens (including phenoxy) is 1. The number of carbonyl (C=O) groups excluding carboxylic acids is 1. The number of thiazole rings is 1. The summed E-state index contributed by atoms with van der Waals surface area (Å²) in [7, 11) is 0. The summed E-state index contributed by atoms with van der Waals surface area (Å²) in [5.41, 5.74) is 1.45. The molecule has 1 aromatic heterocycles. The molecule has 1 aliphatic heterocycles. The Bertz CT molecular complexity index is 781. The molecule has 2 aromatic rings. The van der Waals surface area contributed by atoms with Crippen LogP contribution in [0.1, 0.15) is 34.6 Å². The van der Waals surface area contributed by atoms with E-state index in [2.05, 4.69) is 10.3 Å². The minimum absolute atomic E-state index is 0.104. The van der Waals surface area contributed by atoms with Gasteiger partial charge in [-0.2, -0.15) is 0 Å². The fraction of sp³-hybridized carbons (Fsp3) is 0.389. The molecule has 25 heavy (non-hydrogen) atoms. The lowest BCUT2D eigenvalue weighted by molar-refractivity contribution is -0.139. The quantitative estimate of drug-likeness (QED) is 0.856. The van der Waals surface area contributed by atoms with Crippen LogP contribution in [-0.2, 0) is 9.53 Å². The Morgan fingerprint density at radius 3 is 2.76 bits per heavy atom. The van der Waals surface area contributed by atoms with Gasteiger partial charge in [0.25, 0.3) is 5.91 Å². The first kappa shape index (κ1) is 17.6. The number of carboxylic acid groups (broad SMARTS) is 1. The van der Waals surface area contributed by atoms with E-state index in [1.54, 1.807) is 23.5 Å². The normalized spacial score (nSPS) is 16.4. The number of hydrogen-bond acceptors (Lipinski definition) is 5. The maximum absolute atomic E-state index is 12.7. The summed E-state index contributed by atoms with van der Waals surface area (Å²) in [5, 5.41) is 15.1. The lowest BCUT2D eigenvalue weighted by Gasteiger charge is -2.36. The summed E-state index contributed by atoms with van der Waals surface area (Å²) in [5.74, 6) is -1.19. The lowest BCUT2D eigenvalue weighted by Crippen LogP contribution is -2.53. The summed E-state index contributed by atoms with van der Waals surface area (Å²) >= 11 is 1.56. The van der Waals surface area contributed by atoms with Crippen molar-refractivity contribution in [3.05, 3.63) is 40.2 Å². The second kappa shape index (κ2) is 7.33. The van der Waals surface area contributed by atoms with Crippen LogP contribution in [0.2, 0.25) is 0 Å². The molecule has 2 heterocycles. The molecule has 132 valence electrons. The highest BCUT2D eigenvalue weighted by Gasteiger charge is 2.36. The van der Waals surface area contributed by atoms with Gasteiger partial charge in [0.05, 0.1) is 22.7 Å². The Morgan fingerprint density at radius 1 is 1.36 bits per heavy atom. The molecule has 0 radical (unpaired) electrons. The maximum atomic E-state index is 12.7. The first-order valence-electron chi connectivity index (χ1n) is 8.12. The van der Waals surface area contributed by atoms with Crippen molar-refractivity contribution in [3.63, 3.8) is 0 Å². The highest BCUT2D eigenvalue weighted by atomic mass is 32.1. The van der Waals surface area contributed by atoms with Gasteiger partial charge in [-0.05, 0) is 31.9 Å². The number of amides is 1. The van der Waals surface area contributed by atoms with Crippen LogP contribution in [-0.4, -0.2) is 40.7 Å². The van der Waals surface area contributed by atoms with Gasteiger partial charge in [0, 0.05) is 29.7 Å². The molecule has 1 aliphatic rings. The van der Waals surface area contributed by atoms with Gasteiger partial charge in [0.2, 0.25) is 0 Å². The number of aliphatic carboxylic acids is 1. The zero-order valence-corrected chi connectivity index (χ0v) is 14.8. The summed E-state index contributed by atoms with van der Waals surface area (Å²) in [6.07, 6.45) is 0.888. The van der Waals surface area contributed by atoms with E-state index in [-0.39, 0.29) is 12.3 Å². The smallest absolute Gasteiger partial charge is 0.305 e. The molecule has 0 spiro atoms. The van der Waals surface area contributed by atoms with Gasteiger partial charge in [-0.25, -0.2) is 4.98 Å². The number of aromatic nitrogens is 1. The van der Waals surface area contributed by atoms with E-state index in [4.69, 9.17) is 4.74 Å². The molecule has 1 amide bonds. The van der Waals surface area contributed by atoms with Gasteiger partial charge in [-0.1, -0.05) is 12.1 Å². The number of carbonyl (C=O) groups is 2. The number of aryl methyl sites for hydroxylation is 1. The predicted molar refractivity (Wildman–Crippen MR) is 94.8 cm³/mol. The fourth-order valence-electron chi connectivity index (χ4n) is 3.03. The van der Waals surface area contributed by atoms with Crippen molar-refractivity contribution in [1.29, 1.82) is 0 Å². The highest BCUT2D eigenvalue weighted by Crippen LogP contribution is 2.26. The van der Waals surface area contributed by atoms with E-state index in [1.165, 1.54) is 0 Å². The minimum Gasteiger partial charge on any atom is -0.481 e. The Morgan fingerprint density at radius 2 is 2.12 bits per heavy atom. The number of carboxylic acids is 1. The van der Waals surface area contributed by atoms with Gasteiger partial charge in [0.15, 0.2) is 0 Å². The van der Waals surface area contributed by atoms with Crippen molar-refractivity contribution in [2.24, 2.45) is 0 Å². The van der Waals surface area contributed by atoms with Crippen LogP contribution >= 0.6 is 11.3 Å². The molecule has 7 heteroatoms. The molecule has 1 aromatic carbocycles. The Labute approximate surface area is 149 Å². The van der Waals surface area contributed by atoms with Crippen molar-refractivity contribution in [3.8, 4) is 11.3 Å². The molecule has 1 saturated heterocycles. The second-order valence-corrected chi connectivity index (χ2v) is 7.31. The van der Waals surface area contributed by atoms with E-state index < -0.39 is 11.5 Å². The van der Waals surface area contributed by atoms with Crippen LogP contribution in [0.25, 0.3) is 11.3 Å². The van der Waals surface area contributed by atoms with Crippen molar-refractivity contribution in [2.45, 2.75) is 31.7 Å². The molecule has 0 unspecified atom stereocenters. The van der Waals surface area contributed by atoms with Crippen LogP contribution in [0, 0.1) is 6.92 Å². The number of rotatable bonds is 5. The largest absolute Gasteiger partial charge is 0.481 e. The third-order valence-electron chi connectivity index (χ3n) is 4.36. The predicted octanol–water partition coefficient (Wildman–Crippen LogP) is 2.87. The van der Waals surface area contributed by atoms with Crippen LogP contribution in [0.5, 0.6) is 0 Å². The van der Waals surface area contributed by atoms with Gasteiger partial charge in [0.1, 0.15) is 0 Å². The Hall–Kier alpha value is -2.25.